The first-order valence-electron chi connectivity index (χ1n) is 12.5. The van der Waals surface area contributed by atoms with Gasteiger partial charge < -0.3 is 10.2 Å². The topological polar surface area (TPSA) is 86.8 Å². The van der Waals surface area contributed by atoms with Crippen LogP contribution in [0.1, 0.15) is 30.0 Å². The van der Waals surface area contributed by atoms with Gasteiger partial charge in [-0.05, 0) is 54.3 Å². The predicted molar refractivity (Wildman–Crippen MR) is 153 cm³/mol. The highest BCUT2D eigenvalue weighted by Gasteiger charge is 2.33. The van der Waals surface area contributed by atoms with E-state index in [1.54, 1.807) is 24.3 Å². The molecule has 3 aromatic carbocycles. The molecule has 0 saturated heterocycles. The Bertz CT molecular complexity index is 1330. The van der Waals surface area contributed by atoms with Crippen LogP contribution in [0.4, 0.5) is 5.69 Å². The predicted octanol–water partition coefficient (Wildman–Crippen LogP) is 4.58. The van der Waals surface area contributed by atoms with E-state index in [-0.39, 0.29) is 18.9 Å². The average molecular weight is 556 g/mol. The summed E-state index contributed by atoms with van der Waals surface area (Å²) in [5.74, 6) is -0.767. The molecule has 3 aromatic rings. The molecule has 0 aliphatic heterocycles. The van der Waals surface area contributed by atoms with Gasteiger partial charge >= 0.3 is 0 Å². The van der Waals surface area contributed by atoms with Crippen molar-refractivity contribution >= 4 is 39.1 Å². The molecule has 0 fully saturated rings. The second-order valence-corrected chi connectivity index (χ2v) is 11.5. The van der Waals surface area contributed by atoms with E-state index in [9.17, 15) is 18.0 Å². The van der Waals surface area contributed by atoms with Crippen molar-refractivity contribution in [3.05, 3.63) is 101 Å². The van der Waals surface area contributed by atoms with Crippen LogP contribution in [0.3, 0.4) is 0 Å². The third-order valence-corrected chi connectivity index (χ3v) is 7.61. The Balaban J connectivity index is 2.04. The number of amides is 2. The number of carbonyl (C=O) groups excluding carboxylic acids is 2. The SMILES string of the molecule is CCCNC(=O)[C@H](Cc1ccccc1)N(Cc1ccccc1C)C(=O)CN(c1ccc(Cl)cc1)S(C)(=O)=O. The molecule has 0 heterocycles. The first-order valence-corrected chi connectivity index (χ1v) is 14.7. The molecule has 0 aliphatic rings. The largest absolute Gasteiger partial charge is 0.354 e. The summed E-state index contributed by atoms with van der Waals surface area (Å²) < 4.78 is 26.6. The van der Waals surface area contributed by atoms with Crippen LogP contribution >= 0.6 is 11.6 Å². The molecule has 202 valence electrons. The molecule has 0 aliphatic carbocycles. The molecular weight excluding hydrogens is 522 g/mol. The number of hydrogen-bond acceptors (Lipinski definition) is 4. The highest BCUT2D eigenvalue weighted by atomic mass is 35.5. The second-order valence-electron chi connectivity index (χ2n) is 9.19. The lowest BCUT2D eigenvalue weighted by molar-refractivity contribution is -0.140. The fourth-order valence-corrected chi connectivity index (χ4v) is 5.09. The number of rotatable bonds is 12. The Morgan fingerprint density at radius 1 is 0.947 bits per heavy atom. The zero-order valence-electron chi connectivity index (χ0n) is 21.9. The number of nitrogens with one attached hydrogen (secondary N) is 1. The third-order valence-electron chi connectivity index (χ3n) is 6.22. The number of aryl methyl sites for hydroxylation is 1. The maximum absolute atomic E-state index is 14.0. The molecular formula is C29H34ClN3O4S. The maximum atomic E-state index is 14.0. The van der Waals surface area contributed by atoms with E-state index in [2.05, 4.69) is 5.32 Å². The number of halogens is 1. The summed E-state index contributed by atoms with van der Waals surface area (Å²) in [6, 6.07) is 22.5. The number of nitrogens with zero attached hydrogens (tertiary/aromatic N) is 2. The van der Waals surface area contributed by atoms with Gasteiger partial charge in [-0.15, -0.1) is 0 Å². The van der Waals surface area contributed by atoms with Crippen molar-refractivity contribution in [1.82, 2.24) is 10.2 Å². The number of carbonyl (C=O) groups is 2. The van der Waals surface area contributed by atoms with Crippen molar-refractivity contribution in [2.75, 3.05) is 23.7 Å². The van der Waals surface area contributed by atoms with Gasteiger partial charge in [0.15, 0.2) is 0 Å². The minimum atomic E-state index is -3.82. The summed E-state index contributed by atoms with van der Waals surface area (Å²) in [6.45, 7) is 4.06. The number of benzene rings is 3. The Hall–Kier alpha value is -3.36. The monoisotopic (exact) mass is 555 g/mol. The molecule has 0 bridgehead atoms. The van der Waals surface area contributed by atoms with E-state index in [0.717, 1.165) is 33.7 Å². The maximum Gasteiger partial charge on any atom is 0.244 e. The number of anilines is 1. The van der Waals surface area contributed by atoms with Crippen molar-refractivity contribution in [3.63, 3.8) is 0 Å². The summed E-state index contributed by atoms with van der Waals surface area (Å²) in [6.07, 6.45) is 2.08. The van der Waals surface area contributed by atoms with Crippen LogP contribution in [0.5, 0.6) is 0 Å². The fourth-order valence-electron chi connectivity index (χ4n) is 4.11. The van der Waals surface area contributed by atoms with Gasteiger partial charge in [-0.25, -0.2) is 8.42 Å². The Morgan fingerprint density at radius 3 is 2.18 bits per heavy atom. The van der Waals surface area contributed by atoms with E-state index in [4.69, 9.17) is 11.6 Å². The zero-order valence-corrected chi connectivity index (χ0v) is 23.5. The normalized spacial score (nSPS) is 12.0. The summed E-state index contributed by atoms with van der Waals surface area (Å²) in [4.78, 5) is 28.9. The van der Waals surface area contributed by atoms with Gasteiger partial charge in [0.25, 0.3) is 0 Å². The lowest BCUT2D eigenvalue weighted by Gasteiger charge is -2.34. The molecule has 9 heteroatoms. The average Bonchev–Trinajstić information content (AvgIpc) is 2.89. The molecule has 38 heavy (non-hydrogen) atoms. The van der Waals surface area contributed by atoms with E-state index in [0.29, 0.717) is 17.3 Å². The summed E-state index contributed by atoms with van der Waals surface area (Å²) in [5, 5.41) is 3.38. The molecule has 7 nitrogen and oxygen atoms in total. The highest BCUT2D eigenvalue weighted by molar-refractivity contribution is 7.92. The standard InChI is InChI=1S/C29H34ClN3O4S/c1-4-18-31-29(35)27(19-23-11-6-5-7-12-23)32(20-24-13-9-8-10-22(24)2)28(34)21-33(38(3,36)37)26-16-14-25(30)15-17-26/h5-17,27H,4,18-21H2,1-3H3,(H,31,35)/t27-/m0/s1. The van der Waals surface area contributed by atoms with Gasteiger partial charge in [-0.2, -0.15) is 0 Å². The highest BCUT2D eigenvalue weighted by Crippen LogP contribution is 2.22. The Morgan fingerprint density at radius 2 is 1.58 bits per heavy atom. The molecule has 1 atom stereocenters. The first-order chi connectivity index (χ1) is 18.1. The van der Waals surface area contributed by atoms with E-state index >= 15 is 0 Å². The van der Waals surface area contributed by atoms with Crippen molar-refractivity contribution in [2.24, 2.45) is 0 Å². The van der Waals surface area contributed by atoms with E-state index in [1.807, 2.05) is 68.4 Å². The summed E-state index contributed by atoms with van der Waals surface area (Å²) >= 11 is 6.00. The van der Waals surface area contributed by atoms with Crippen LogP contribution < -0.4 is 9.62 Å². The van der Waals surface area contributed by atoms with Gasteiger partial charge in [0, 0.05) is 24.5 Å². The van der Waals surface area contributed by atoms with Crippen LogP contribution in [-0.2, 0) is 32.6 Å². The first kappa shape index (κ1) is 29.2. The zero-order chi connectivity index (χ0) is 27.7. The number of hydrogen-bond donors (Lipinski definition) is 1. The van der Waals surface area contributed by atoms with E-state index < -0.39 is 28.5 Å². The van der Waals surface area contributed by atoms with Gasteiger partial charge in [-0.1, -0.05) is 73.1 Å². The molecule has 2 amide bonds. The molecule has 0 aromatic heterocycles. The van der Waals surface area contributed by atoms with Crippen LogP contribution in [0, 0.1) is 6.92 Å². The van der Waals surface area contributed by atoms with Crippen LogP contribution in [0.25, 0.3) is 0 Å². The molecule has 1 N–H and O–H groups in total. The molecule has 0 radical (unpaired) electrons. The van der Waals surface area contributed by atoms with Crippen LogP contribution in [0.15, 0.2) is 78.9 Å². The van der Waals surface area contributed by atoms with Gasteiger partial charge in [-0.3, -0.25) is 13.9 Å². The second kappa shape index (κ2) is 13.4. The molecule has 0 unspecified atom stereocenters. The number of sulfonamides is 1. The molecule has 0 saturated carbocycles. The van der Waals surface area contributed by atoms with Crippen LogP contribution in [0.2, 0.25) is 5.02 Å². The quantitative estimate of drug-likeness (QED) is 0.354. The fraction of sp³-hybridized carbons (Fsp3) is 0.310. The van der Waals surface area contributed by atoms with Crippen molar-refractivity contribution < 1.29 is 18.0 Å². The van der Waals surface area contributed by atoms with Gasteiger partial charge in [0.05, 0.1) is 11.9 Å². The Labute approximate surface area is 230 Å². The molecule has 0 spiro atoms. The van der Waals surface area contributed by atoms with Gasteiger partial charge in [0.1, 0.15) is 12.6 Å². The third kappa shape index (κ3) is 8.07. The van der Waals surface area contributed by atoms with E-state index in [1.165, 1.54) is 4.90 Å². The summed E-state index contributed by atoms with van der Waals surface area (Å²) in [5.41, 5.74) is 3.05. The van der Waals surface area contributed by atoms with Crippen molar-refractivity contribution in [3.8, 4) is 0 Å². The lowest BCUT2D eigenvalue weighted by Crippen LogP contribution is -2.53. The van der Waals surface area contributed by atoms with Crippen molar-refractivity contribution in [2.45, 2.75) is 39.3 Å². The van der Waals surface area contributed by atoms with Crippen LogP contribution in [-0.4, -0.2) is 50.5 Å². The molecule has 3 rings (SSSR count). The smallest absolute Gasteiger partial charge is 0.244 e. The lowest BCUT2D eigenvalue weighted by atomic mass is 10.0. The van der Waals surface area contributed by atoms with Gasteiger partial charge in [0.2, 0.25) is 21.8 Å². The Kier molecular flexibility index (Phi) is 10.3. The minimum Gasteiger partial charge on any atom is -0.354 e. The summed E-state index contributed by atoms with van der Waals surface area (Å²) in [7, 11) is -3.82. The van der Waals surface area contributed by atoms with Crippen molar-refractivity contribution in [1.29, 1.82) is 0 Å². The minimum absolute atomic E-state index is 0.154.